The van der Waals surface area contributed by atoms with Crippen molar-refractivity contribution in [2.45, 2.75) is 19.5 Å². The molecule has 124 valence electrons. The van der Waals surface area contributed by atoms with E-state index in [1.54, 1.807) is 29.9 Å². The molecule has 1 atom stereocenters. The molecule has 1 aliphatic heterocycles. The van der Waals surface area contributed by atoms with E-state index < -0.39 is 0 Å². The molecule has 1 unspecified atom stereocenters. The number of rotatable bonds is 3. The largest absolute Gasteiger partial charge is 0.352 e. The van der Waals surface area contributed by atoms with Crippen molar-refractivity contribution in [1.82, 2.24) is 19.9 Å². The van der Waals surface area contributed by atoms with Crippen LogP contribution < -0.4 is 4.90 Å². The van der Waals surface area contributed by atoms with Crippen LogP contribution in [0.5, 0.6) is 0 Å². The van der Waals surface area contributed by atoms with E-state index >= 15 is 0 Å². The SMILES string of the molecule is CC1CN(c2ncnc3ccsc23)CCN1Cc1ccncc1F. The summed E-state index contributed by atoms with van der Waals surface area (Å²) in [6, 6.07) is 4.10. The molecule has 1 saturated heterocycles. The molecule has 3 aromatic rings. The Balaban J connectivity index is 1.50. The van der Waals surface area contributed by atoms with Crippen LogP contribution in [0, 0.1) is 5.82 Å². The molecule has 4 heterocycles. The summed E-state index contributed by atoms with van der Waals surface area (Å²) in [5.41, 5.74) is 1.70. The first-order chi connectivity index (χ1) is 11.7. The summed E-state index contributed by atoms with van der Waals surface area (Å²) in [5, 5.41) is 2.05. The van der Waals surface area contributed by atoms with E-state index in [9.17, 15) is 4.39 Å². The molecule has 3 aromatic heterocycles. The van der Waals surface area contributed by atoms with Crippen molar-refractivity contribution in [1.29, 1.82) is 0 Å². The lowest BCUT2D eigenvalue weighted by Gasteiger charge is -2.40. The summed E-state index contributed by atoms with van der Waals surface area (Å²) in [6.07, 6.45) is 4.56. The average molecular weight is 343 g/mol. The van der Waals surface area contributed by atoms with Crippen molar-refractivity contribution < 1.29 is 4.39 Å². The molecule has 0 saturated carbocycles. The summed E-state index contributed by atoms with van der Waals surface area (Å²) >= 11 is 1.68. The molecule has 7 heteroatoms. The molecular weight excluding hydrogens is 325 g/mol. The van der Waals surface area contributed by atoms with Gasteiger partial charge >= 0.3 is 0 Å². The Morgan fingerprint density at radius 1 is 1.29 bits per heavy atom. The van der Waals surface area contributed by atoms with Gasteiger partial charge in [0.15, 0.2) is 0 Å². The van der Waals surface area contributed by atoms with Gasteiger partial charge in [-0.25, -0.2) is 14.4 Å². The second kappa shape index (κ2) is 6.41. The van der Waals surface area contributed by atoms with Gasteiger partial charge in [-0.3, -0.25) is 9.88 Å². The van der Waals surface area contributed by atoms with Crippen molar-refractivity contribution in [2.24, 2.45) is 0 Å². The second-order valence-corrected chi connectivity index (χ2v) is 6.98. The Morgan fingerprint density at radius 2 is 2.21 bits per heavy atom. The van der Waals surface area contributed by atoms with Gasteiger partial charge in [-0.15, -0.1) is 11.3 Å². The fraction of sp³-hybridized carbons (Fsp3) is 0.353. The third kappa shape index (κ3) is 2.85. The number of thiophene rings is 1. The van der Waals surface area contributed by atoms with Gasteiger partial charge in [0.1, 0.15) is 18.0 Å². The maximum Gasteiger partial charge on any atom is 0.150 e. The van der Waals surface area contributed by atoms with E-state index in [4.69, 9.17) is 0 Å². The molecule has 1 aliphatic rings. The zero-order valence-corrected chi connectivity index (χ0v) is 14.2. The molecule has 0 aliphatic carbocycles. The molecule has 24 heavy (non-hydrogen) atoms. The lowest BCUT2D eigenvalue weighted by Crippen LogP contribution is -2.51. The highest BCUT2D eigenvalue weighted by atomic mass is 32.1. The fourth-order valence-electron chi connectivity index (χ4n) is 3.17. The molecule has 5 nitrogen and oxygen atoms in total. The summed E-state index contributed by atoms with van der Waals surface area (Å²) in [6.45, 7) is 5.41. The zero-order chi connectivity index (χ0) is 16.5. The van der Waals surface area contributed by atoms with Gasteiger partial charge < -0.3 is 4.90 Å². The van der Waals surface area contributed by atoms with Crippen LogP contribution in [0.15, 0.2) is 36.2 Å². The number of aromatic nitrogens is 3. The molecule has 0 aromatic carbocycles. The third-order valence-corrected chi connectivity index (χ3v) is 5.42. The van der Waals surface area contributed by atoms with E-state index in [0.717, 1.165) is 35.7 Å². The van der Waals surface area contributed by atoms with Crippen molar-refractivity contribution in [3.8, 4) is 0 Å². The molecule has 1 fully saturated rings. The Hall–Kier alpha value is -2.12. The molecule has 0 radical (unpaired) electrons. The second-order valence-electron chi connectivity index (χ2n) is 6.06. The smallest absolute Gasteiger partial charge is 0.150 e. The van der Waals surface area contributed by atoms with E-state index in [-0.39, 0.29) is 5.82 Å². The molecule has 0 N–H and O–H groups in total. The summed E-state index contributed by atoms with van der Waals surface area (Å²) in [5.74, 6) is 0.778. The standard InChI is InChI=1S/C17H18FN5S/c1-12-9-23(17-16-15(3-7-24-16)20-11-21-17)6-5-22(12)10-13-2-4-19-8-14(13)18/h2-4,7-8,11-12H,5-6,9-10H2,1H3. The minimum atomic E-state index is -0.233. The first-order valence-corrected chi connectivity index (χ1v) is 8.86. The lowest BCUT2D eigenvalue weighted by atomic mass is 10.1. The van der Waals surface area contributed by atoms with E-state index in [1.165, 1.54) is 6.20 Å². The van der Waals surface area contributed by atoms with E-state index in [2.05, 4.69) is 37.1 Å². The number of hydrogen-bond acceptors (Lipinski definition) is 6. The number of anilines is 1. The van der Waals surface area contributed by atoms with Gasteiger partial charge in [-0.1, -0.05) is 0 Å². The number of hydrogen-bond donors (Lipinski definition) is 0. The normalized spacial score (nSPS) is 19.1. The molecule has 0 bridgehead atoms. The predicted octanol–water partition coefficient (Wildman–Crippen LogP) is 2.94. The summed E-state index contributed by atoms with van der Waals surface area (Å²) < 4.78 is 15.0. The fourth-order valence-corrected chi connectivity index (χ4v) is 4.04. The minimum absolute atomic E-state index is 0.233. The van der Waals surface area contributed by atoms with Crippen LogP contribution >= 0.6 is 11.3 Å². The average Bonchev–Trinajstić information content (AvgIpc) is 3.07. The number of halogens is 1. The lowest BCUT2D eigenvalue weighted by molar-refractivity contribution is 0.178. The topological polar surface area (TPSA) is 45.2 Å². The molecule has 0 amide bonds. The van der Waals surface area contributed by atoms with E-state index in [0.29, 0.717) is 18.2 Å². The number of piperazine rings is 1. The highest BCUT2D eigenvalue weighted by Gasteiger charge is 2.26. The first-order valence-electron chi connectivity index (χ1n) is 7.98. The van der Waals surface area contributed by atoms with Crippen molar-refractivity contribution >= 4 is 27.4 Å². The summed E-state index contributed by atoms with van der Waals surface area (Å²) in [7, 11) is 0. The van der Waals surface area contributed by atoms with Gasteiger partial charge in [-0.2, -0.15) is 0 Å². The maximum absolute atomic E-state index is 13.8. The van der Waals surface area contributed by atoms with Crippen LogP contribution in [0.1, 0.15) is 12.5 Å². The van der Waals surface area contributed by atoms with Crippen molar-refractivity contribution in [3.63, 3.8) is 0 Å². The highest BCUT2D eigenvalue weighted by molar-refractivity contribution is 7.17. The van der Waals surface area contributed by atoms with Gasteiger partial charge in [-0.05, 0) is 24.4 Å². The Labute approximate surface area is 143 Å². The van der Waals surface area contributed by atoms with Crippen molar-refractivity contribution in [3.05, 3.63) is 47.6 Å². The number of fused-ring (bicyclic) bond motifs is 1. The zero-order valence-electron chi connectivity index (χ0n) is 13.4. The Bertz CT molecular complexity index is 852. The van der Waals surface area contributed by atoms with Gasteiger partial charge in [0, 0.05) is 44.0 Å². The minimum Gasteiger partial charge on any atom is -0.352 e. The van der Waals surface area contributed by atoms with Crippen LogP contribution in [0.3, 0.4) is 0 Å². The van der Waals surface area contributed by atoms with Crippen LogP contribution in [0.25, 0.3) is 10.2 Å². The Morgan fingerprint density at radius 3 is 3.04 bits per heavy atom. The highest BCUT2D eigenvalue weighted by Crippen LogP contribution is 2.29. The van der Waals surface area contributed by atoms with Gasteiger partial charge in [0.05, 0.1) is 16.4 Å². The monoisotopic (exact) mass is 343 g/mol. The summed E-state index contributed by atoms with van der Waals surface area (Å²) in [4.78, 5) is 17.2. The van der Waals surface area contributed by atoms with Gasteiger partial charge in [0.25, 0.3) is 0 Å². The Kier molecular flexibility index (Phi) is 4.12. The molecular formula is C17H18FN5S. The third-order valence-electron chi connectivity index (χ3n) is 4.52. The maximum atomic E-state index is 13.8. The van der Waals surface area contributed by atoms with Crippen LogP contribution in [0.4, 0.5) is 10.2 Å². The van der Waals surface area contributed by atoms with Gasteiger partial charge in [0.2, 0.25) is 0 Å². The van der Waals surface area contributed by atoms with Crippen LogP contribution in [-0.2, 0) is 6.54 Å². The molecule has 4 rings (SSSR count). The first kappa shape index (κ1) is 15.4. The number of pyridine rings is 1. The molecule has 0 spiro atoms. The van der Waals surface area contributed by atoms with Crippen LogP contribution in [-0.4, -0.2) is 45.5 Å². The quantitative estimate of drug-likeness (QED) is 0.732. The van der Waals surface area contributed by atoms with Crippen LogP contribution in [0.2, 0.25) is 0 Å². The van der Waals surface area contributed by atoms with Crippen molar-refractivity contribution in [2.75, 3.05) is 24.5 Å². The predicted molar refractivity (Wildman–Crippen MR) is 93.7 cm³/mol. The number of nitrogens with zero attached hydrogens (tertiary/aromatic N) is 5. The van der Waals surface area contributed by atoms with E-state index in [1.807, 2.05) is 6.07 Å².